The zero-order valence-electron chi connectivity index (χ0n) is 10.9. The van der Waals surface area contributed by atoms with E-state index in [9.17, 15) is 14.9 Å². The van der Waals surface area contributed by atoms with Crippen LogP contribution in [-0.2, 0) is 0 Å². The normalized spacial score (nSPS) is 10.2. The molecule has 0 atom stereocenters. The summed E-state index contributed by atoms with van der Waals surface area (Å²) in [4.78, 5) is 22.5. The Balaban J connectivity index is 2.25. The molecule has 2 aromatic carbocycles. The monoisotopic (exact) mass is 412 g/mol. The summed E-state index contributed by atoms with van der Waals surface area (Å²) in [6.07, 6.45) is 0. The molecule has 108 valence electrons. The first-order valence-electron chi connectivity index (χ1n) is 5.90. The van der Waals surface area contributed by atoms with Crippen molar-refractivity contribution in [3.63, 3.8) is 0 Å². The number of nitrogens with zero attached hydrogens (tertiary/aromatic N) is 1. The Hall–Kier alpha value is -1.73. The van der Waals surface area contributed by atoms with Crippen molar-refractivity contribution in [3.8, 4) is 0 Å². The van der Waals surface area contributed by atoms with Gasteiger partial charge < -0.3 is 5.32 Å². The summed E-state index contributed by atoms with van der Waals surface area (Å²) in [6.45, 7) is 1.71. The fraction of sp³-hybridized carbons (Fsp3) is 0.0714. The molecule has 1 N–H and O–H groups in total. The van der Waals surface area contributed by atoms with Crippen LogP contribution in [0.15, 0.2) is 45.3 Å². The summed E-state index contributed by atoms with van der Waals surface area (Å²) in [5.41, 5.74) is 1.65. The number of benzene rings is 2. The van der Waals surface area contributed by atoms with Crippen LogP contribution in [0, 0.1) is 17.0 Å². The second-order valence-electron chi connectivity index (χ2n) is 4.33. The molecule has 0 bridgehead atoms. The molecular formula is C14H10Br2N2O3. The molecular weight excluding hydrogens is 404 g/mol. The van der Waals surface area contributed by atoms with Gasteiger partial charge in [-0.25, -0.2) is 0 Å². The molecule has 0 saturated carbocycles. The van der Waals surface area contributed by atoms with Crippen molar-refractivity contribution in [2.45, 2.75) is 6.92 Å². The Bertz CT molecular complexity index is 732. The zero-order valence-corrected chi connectivity index (χ0v) is 14.1. The van der Waals surface area contributed by atoms with Crippen molar-refractivity contribution in [2.75, 3.05) is 5.32 Å². The zero-order chi connectivity index (χ0) is 15.6. The smallest absolute Gasteiger partial charge is 0.269 e. The van der Waals surface area contributed by atoms with E-state index in [1.165, 1.54) is 18.2 Å². The highest BCUT2D eigenvalue weighted by Gasteiger charge is 2.13. The van der Waals surface area contributed by atoms with Gasteiger partial charge in [0.2, 0.25) is 0 Å². The standard InChI is InChI=1S/C14H10Br2N2O3/c1-8-6-10(18(20)21)3-5-13(8)17-14(19)11-4-2-9(15)7-12(11)16/h2-7H,1H3,(H,17,19). The molecule has 0 spiro atoms. The Morgan fingerprint density at radius 2 is 1.90 bits per heavy atom. The average Bonchev–Trinajstić information content (AvgIpc) is 2.40. The molecule has 0 radical (unpaired) electrons. The number of non-ortho nitro benzene ring substituents is 1. The number of halogens is 2. The maximum Gasteiger partial charge on any atom is 0.269 e. The molecule has 2 rings (SSSR count). The van der Waals surface area contributed by atoms with E-state index >= 15 is 0 Å². The van der Waals surface area contributed by atoms with E-state index in [0.29, 0.717) is 21.3 Å². The highest BCUT2D eigenvalue weighted by Crippen LogP contribution is 2.25. The molecule has 0 unspecified atom stereocenters. The lowest BCUT2D eigenvalue weighted by Gasteiger charge is -2.09. The number of hydrogen-bond acceptors (Lipinski definition) is 3. The molecule has 0 fully saturated rings. The lowest BCUT2D eigenvalue weighted by atomic mass is 10.1. The van der Waals surface area contributed by atoms with Crippen molar-refractivity contribution in [1.29, 1.82) is 0 Å². The summed E-state index contributed by atoms with van der Waals surface area (Å²) in [5.74, 6) is -0.286. The van der Waals surface area contributed by atoms with E-state index in [0.717, 1.165) is 4.47 Å². The van der Waals surface area contributed by atoms with E-state index in [1.807, 2.05) is 0 Å². The fourth-order valence-corrected chi connectivity index (χ4v) is 2.99. The summed E-state index contributed by atoms with van der Waals surface area (Å²) >= 11 is 6.65. The summed E-state index contributed by atoms with van der Waals surface area (Å²) in [7, 11) is 0. The van der Waals surface area contributed by atoms with Crippen LogP contribution in [0.25, 0.3) is 0 Å². The molecule has 7 heteroatoms. The molecule has 0 saturated heterocycles. The number of hydrogen-bond donors (Lipinski definition) is 1. The molecule has 21 heavy (non-hydrogen) atoms. The number of nitro benzene ring substituents is 1. The third-order valence-electron chi connectivity index (χ3n) is 2.84. The van der Waals surface area contributed by atoms with Gasteiger partial charge in [-0.2, -0.15) is 0 Å². The van der Waals surface area contributed by atoms with E-state index in [1.54, 1.807) is 25.1 Å². The molecule has 0 aliphatic rings. The summed E-state index contributed by atoms with van der Waals surface area (Å²) in [6, 6.07) is 9.54. The number of nitrogens with one attached hydrogen (secondary N) is 1. The minimum absolute atomic E-state index is 0.00433. The predicted molar refractivity (Wildman–Crippen MR) is 87.6 cm³/mol. The maximum absolute atomic E-state index is 12.2. The Labute approximate surface area is 137 Å². The second kappa shape index (κ2) is 6.36. The van der Waals surface area contributed by atoms with E-state index in [2.05, 4.69) is 37.2 Å². The van der Waals surface area contributed by atoms with Gasteiger partial charge in [0.25, 0.3) is 11.6 Å². The fourth-order valence-electron chi connectivity index (χ4n) is 1.76. The van der Waals surface area contributed by atoms with E-state index in [4.69, 9.17) is 0 Å². The van der Waals surface area contributed by atoms with Crippen LogP contribution >= 0.6 is 31.9 Å². The SMILES string of the molecule is Cc1cc([N+](=O)[O-])ccc1NC(=O)c1ccc(Br)cc1Br. The van der Waals surface area contributed by atoms with Crippen molar-refractivity contribution >= 4 is 49.1 Å². The quantitative estimate of drug-likeness (QED) is 0.586. The minimum atomic E-state index is -0.468. The van der Waals surface area contributed by atoms with Crippen LogP contribution in [0.1, 0.15) is 15.9 Å². The molecule has 0 heterocycles. The van der Waals surface area contributed by atoms with Crippen LogP contribution < -0.4 is 5.32 Å². The first-order valence-corrected chi connectivity index (χ1v) is 7.48. The van der Waals surface area contributed by atoms with E-state index < -0.39 is 4.92 Å². The van der Waals surface area contributed by atoms with Gasteiger partial charge in [-0.15, -0.1) is 0 Å². The third kappa shape index (κ3) is 3.68. The Kier molecular flexibility index (Phi) is 4.74. The van der Waals surface area contributed by atoms with Gasteiger partial charge in [-0.05, 0) is 52.7 Å². The van der Waals surface area contributed by atoms with Gasteiger partial charge in [0, 0.05) is 26.8 Å². The van der Waals surface area contributed by atoms with Crippen LogP contribution in [-0.4, -0.2) is 10.8 Å². The first-order chi connectivity index (χ1) is 9.88. The molecule has 2 aromatic rings. The molecule has 0 aliphatic heterocycles. The Morgan fingerprint density at radius 3 is 2.48 bits per heavy atom. The number of rotatable bonds is 3. The molecule has 5 nitrogen and oxygen atoms in total. The predicted octanol–water partition coefficient (Wildman–Crippen LogP) is 4.68. The van der Waals surface area contributed by atoms with Crippen LogP contribution in [0.2, 0.25) is 0 Å². The average molecular weight is 414 g/mol. The van der Waals surface area contributed by atoms with Gasteiger partial charge in [0.05, 0.1) is 10.5 Å². The van der Waals surface area contributed by atoms with Crippen LogP contribution in [0.3, 0.4) is 0 Å². The molecule has 1 amide bonds. The summed E-state index contributed by atoms with van der Waals surface area (Å²) < 4.78 is 1.52. The van der Waals surface area contributed by atoms with Crippen molar-refractivity contribution in [1.82, 2.24) is 0 Å². The lowest BCUT2D eigenvalue weighted by Crippen LogP contribution is -2.13. The highest BCUT2D eigenvalue weighted by molar-refractivity contribution is 9.11. The van der Waals surface area contributed by atoms with Crippen molar-refractivity contribution < 1.29 is 9.72 Å². The lowest BCUT2D eigenvalue weighted by molar-refractivity contribution is -0.384. The topological polar surface area (TPSA) is 72.2 Å². The highest BCUT2D eigenvalue weighted by atomic mass is 79.9. The third-order valence-corrected chi connectivity index (χ3v) is 3.99. The van der Waals surface area contributed by atoms with Crippen LogP contribution in [0.5, 0.6) is 0 Å². The number of carbonyl (C=O) groups excluding carboxylic acids is 1. The minimum Gasteiger partial charge on any atom is -0.322 e. The van der Waals surface area contributed by atoms with Gasteiger partial charge in [0.1, 0.15) is 0 Å². The van der Waals surface area contributed by atoms with Crippen molar-refractivity contribution in [2.24, 2.45) is 0 Å². The Morgan fingerprint density at radius 1 is 1.19 bits per heavy atom. The largest absolute Gasteiger partial charge is 0.322 e. The van der Waals surface area contributed by atoms with Gasteiger partial charge in [0.15, 0.2) is 0 Å². The van der Waals surface area contributed by atoms with Gasteiger partial charge in [-0.3, -0.25) is 14.9 Å². The molecule has 0 aliphatic carbocycles. The number of amides is 1. The van der Waals surface area contributed by atoms with Gasteiger partial charge >= 0.3 is 0 Å². The van der Waals surface area contributed by atoms with E-state index in [-0.39, 0.29) is 11.6 Å². The first kappa shape index (κ1) is 15.7. The number of anilines is 1. The second-order valence-corrected chi connectivity index (χ2v) is 6.10. The number of carbonyl (C=O) groups is 1. The summed E-state index contributed by atoms with van der Waals surface area (Å²) in [5, 5.41) is 13.4. The van der Waals surface area contributed by atoms with Gasteiger partial charge in [-0.1, -0.05) is 15.9 Å². The molecule has 0 aromatic heterocycles. The van der Waals surface area contributed by atoms with Crippen molar-refractivity contribution in [3.05, 3.63) is 66.6 Å². The van der Waals surface area contributed by atoms with Crippen LogP contribution in [0.4, 0.5) is 11.4 Å². The number of aryl methyl sites for hydroxylation is 1. The maximum atomic E-state index is 12.2. The number of nitro groups is 1.